The highest BCUT2D eigenvalue weighted by Crippen LogP contribution is 2.69. The number of benzene rings is 1. The van der Waals surface area contributed by atoms with Crippen molar-refractivity contribution in [1.82, 2.24) is 5.32 Å². The second-order valence-corrected chi connectivity index (χ2v) is 19.6. The molecule has 0 aromatic heterocycles. The fourth-order valence-corrected chi connectivity index (χ4v) is 12.1. The SMILES string of the molecule is COC(C[C@H]1C(C)=CC[C@@H]2[C@]3(C)CC(OC4OC(C)C(OC(=O)c5cccc(O)c5)C(OC5OC(CO)C(O)C(O)C5NC(C)=O)C4O)[C@@H](O)C(C)(C)[C@H]3CC[C@]21C)[C@H](N)C(=O)O. The molecule has 6 rings (SSSR count). The van der Waals surface area contributed by atoms with Crippen molar-refractivity contribution in [2.75, 3.05) is 13.7 Å². The summed E-state index contributed by atoms with van der Waals surface area (Å²) < 4.78 is 36.7. The van der Waals surface area contributed by atoms with Crippen molar-refractivity contribution >= 4 is 17.8 Å². The zero-order valence-electron chi connectivity index (χ0n) is 37.3. The van der Waals surface area contributed by atoms with Gasteiger partial charge in [0.05, 0.1) is 36.6 Å². The Kier molecular flexibility index (Phi) is 14.8. The fraction of sp³-hybridized carbons (Fsp3) is 0.756. The highest BCUT2D eigenvalue weighted by molar-refractivity contribution is 5.90. The van der Waals surface area contributed by atoms with Crippen molar-refractivity contribution < 1.29 is 78.6 Å². The summed E-state index contributed by atoms with van der Waals surface area (Å²) in [4.78, 5) is 37.8. The average molecular weight is 893 g/mol. The Morgan fingerprint density at radius 1 is 0.968 bits per heavy atom. The van der Waals surface area contributed by atoms with Gasteiger partial charge in [0.15, 0.2) is 18.7 Å². The second kappa shape index (κ2) is 18.9. The highest BCUT2D eigenvalue weighted by atomic mass is 16.7. The minimum Gasteiger partial charge on any atom is -0.508 e. The van der Waals surface area contributed by atoms with Gasteiger partial charge in [-0.1, -0.05) is 45.4 Å². The van der Waals surface area contributed by atoms with Crippen molar-refractivity contribution in [3.8, 4) is 5.75 Å². The second-order valence-electron chi connectivity index (χ2n) is 19.6. The maximum Gasteiger partial charge on any atom is 0.338 e. The molecule has 5 aliphatic rings. The summed E-state index contributed by atoms with van der Waals surface area (Å²) >= 11 is 0. The molecule has 2 heterocycles. The molecule has 19 atom stereocenters. The molecule has 1 aromatic carbocycles. The Balaban J connectivity index is 1.32. The number of allylic oxidation sites excluding steroid dienone is 2. The number of carboxylic acid groups (broad SMARTS) is 1. The minimum atomic E-state index is -1.77. The minimum absolute atomic E-state index is 0.0231. The van der Waals surface area contributed by atoms with Crippen LogP contribution >= 0.6 is 0 Å². The van der Waals surface area contributed by atoms with E-state index in [1.54, 1.807) is 6.92 Å². The number of ether oxygens (including phenoxy) is 6. The molecule has 2 saturated heterocycles. The lowest BCUT2D eigenvalue weighted by molar-refractivity contribution is -0.358. The van der Waals surface area contributed by atoms with E-state index in [-0.39, 0.29) is 34.5 Å². The van der Waals surface area contributed by atoms with Gasteiger partial charge in [-0.2, -0.15) is 0 Å². The zero-order chi connectivity index (χ0) is 46.5. The number of carbonyl (C=O) groups excluding carboxylic acids is 2. The van der Waals surface area contributed by atoms with Crippen LogP contribution in [0.4, 0.5) is 0 Å². The van der Waals surface area contributed by atoms with E-state index < -0.39 is 121 Å². The van der Waals surface area contributed by atoms with Crippen LogP contribution in [0.5, 0.6) is 5.75 Å². The molecule has 18 nitrogen and oxygen atoms in total. The van der Waals surface area contributed by atoms with Crippen LogP contribution in [0, 0.1) is 34.0 Å². The number of hydrogen-bond acceptors (Lipinski definition) is 16. The monoisotopic (exact) mass is 892 g/mol. The van der Waals surface area contributed by atoms with Crippen molar-refractivity contribution in [2.24, 2.45) is 39.7 Å². The predicted molar refractivity (Wildman–Crippen MR) is 222 cm³/mol. The smallest absolute Gasteiger partial charge is 0.338 e. The lowest BCUT2D eigenvalue weighted by Crippen LogP contribution is -2.68. The number of carbonyl (C=O) groups is 3. The first-order chi connectivity index (χ1) is 29.5. The number of aliphatic hydroxyl groups is 5. The maximum atomic E-state index is 13.5. The summed E-state index contributed by atoms with van der Waals surface area (Å²) in [7, 11) is 1.48. The number of phenols is 1. The zero-order valence-corrected chi connectivity index (χ0v) is 37.3. The van der Waals surface area contributed by atoms with Crippen molar-refractivity contribution in [3.63, 3.8) is 0 Å². The predicted octanol–water partition coefficient (Wildman–Crippen LogP) is 1.35. The molecule has 2 saturated carbocycles. The van der Waals surface area contributed by atoms with Gasteiger partial charge in [-0.3, -0.25) is 9.59 Å². The van der Waals surface area contributed by atoms with E-state index >= 15 is 0 Å². The van der Waals surface area contributed by atoms with Gasteiger partial charge in [0.1, 0.15) is 48.4 Å². The van der Waals surface area contributed by atoms with Crippen molar-refractivity contribution in [2.45, 2.75) is 166 Å². The first-order valence-electron chi connectivity index (χ1n) is 21.9. The molecule has 354 valence electrons. The number of methoxy groups -OCH3 is 1. The number of aliphatic hydroxyl groups excluding tert-OH is 5. The highest BCUT2D eigenvalue weighted by Gasteiger charge is 2.65. The summed E-state index contributed by atoms with van der Waals surface area (Å²) in [5.41, 5.74) is 5.77. The number of rotatable bonds is 13. The van der Waals surface area contributed by atoms with E-state index in [2.05, 4.69) is 32.2 Å². The number of nitrogens with one attached hydrogen (secondary N) is 1. The van der Waals surface area contributed by atoms with E-state index in [0.717, 1.165) is 24.8 Å². The molecule has 0 radical (unpaired) electrons. The molecule has 18 heteroatoms. The summed E-state index contributed by atoms with van der Waals surface area (Å²) in [6.45, 7) is 12.6. The van der Waals surface area contributed by atoms with Gasteiger partial charge in [0, 0.05) is 14.0 Å². The van der Waals surface area contributed by atoms with E-state index in [9.17, 15) is 50.1 Å². The van der Waals surface area contributed by atoms with Gasteiger partial charge in [0.2, 0.25) is 5.91 Å². The average Bonchev–Trinajstić information content (AvgIpc) is 3.21. The summed E-state index contributed by atoms with van der Waals surface area (Å²) in [5.74, 6) is -2.82. The Labute approximate surface area is 368 Å². The third-order valence-electron chi connectivity index (χ3n) is 15.4. The topological polar surface area (TPSA) is 286 Å². The third-order valence-corrected chi connectivity index (χ3v) is 15.4. The van der Waals surface area contributed by atoms with Crippen LogP contribution in [0.2, 0.25) is 0 Å². The van der Waals surface area contributed by atoms with Gasteiger partial charge >= 0.3 is 11.9 Å². The fourth-order valence-electron chi connectivity index (χ4n) is 12.1. The van der Waals surface area contributed by atoms with Gasteiger partial charge in [-0.25, -0.2) is 4.79 Å². The van der Waals surface area contributed by atoms with Crippen LogP contribution in [0.1, 0.15) is 90.9 Å². The van der Waals surface area contributed by atoms with Crippen molar-refractivity contribution in [1.29, 1.82) is 0 Å². The Hall–Kier alpha value is -3.27. The lowest BCUT2D eigenvalue weighted by Gasteiger charge is -2.67. The summed E-state index contributed by atoms with van der Waals surface area (Å²) in [6, 6.07) is 2.80. The van der Waals surface area contributed by atoms with Crippen LogP contribution < -0.4 is 11.1 Å². The summed E-state index contributed by atoms with van der Waals surface area (Å²) in [5, 5.41) is 78.6. The van der Waals surface area contributed by atoms with Crippen LogP contribution in [0.3, 0.4) is 0 Å². The van der Waals surface area contributed by atoms with Gasteiger partial charge in [-0.05, 0) is 98.1 Å². The lowest BCUT2D eigenvalue weighted by atomic mass is 9.39. The first kappa shape index (κ1) is 49.2. The number of hydrogen-bond donors (Lipinski definition) is 9. The van der Waals surface area contributed by atoms with Crippen LogP contribution in [0.25, 0.3) is 0 Å². The number of carboxylic acids is 1. The number of aliphatic carboxylic acids is 1. The first-order valence-corrected chi connectivity index (χ1v) is 21.9. The van der Waals surface area contributed by atoms with E-state index in [1.165, 1.54) is 38.3 Å². The summed E-state index contributed by atoms with van der Waals surface area (Å²) in [6.07, 6.45) is -11.0. The molecule has 4 fully saturated rings. The number of nitrogens with two attached hydrogens (primary N) is 1. The molecule has 1 amide bonds. The van der Waals surface area contributed by atoms with Crippen LogP contribution in [-0.4, -0.2) is 153 Å². The number of fused-ring (bicyclic) bond motifs is 3. The number of phenolic OH excluding ortho intramolecular Hbond substituents is 1. The molecule has 3 aliphatic carbocycles. The molecule has 2 aliphatic heterocycles. The van der Waals surface area contributed by atoms with E-state index in [4.69, 9.17) is 34.2 Å². The maximum absolute atomic E-state index is 13.5. The molecular formula is C45H68N2O16. The Morgan fingerprint density at radius 3 is 2.29 bits per heavy atom. The van der Waals surface area contributed by atoms with Gasteiger partial charge < -0.3 is 75.2 Å². The molecule has 63 heavy (non-hydrogen) atoms. The standard InChI is InChI=1S/C45H68N2O16/c1-20-12-13-30-44(6,25(20)17-26(58-8)31(46)39(55)56)15-14-29-43(4,5)38(54)27(18-45(29,30)7)60-42-35(53)37(36(21(2)59-42)62-40(57)23-10-9-11-24(50)16-23)63-41-32(47-22(3)49)34(52)33(51)28(19-48)61-41/h9-12,16,21,25-38,41-42,48,50-54H,13-15,17-19,46H2,1-8H3,(H,47,49)(H,55,56)/t21?,25-,26?,27?,28?,29+,30-,31-,32?,33?,34?,35?,36?,37?,38+,41?,42?,44-,45+/m0/s1. The molecule has 1 aromatic rings. The largest absolute Gasteiger partial charge is 0.508 e. The van der Waals surface area contributed by atoms with Gasteiger partial charge in [-0.15, -0.1) is 0 Å². The Bertz CT molecular complexity index is 1850. The van der Waals surface area contributed by atoms with E-state index in [1.807, 2.05) is 13.8 Å². The molecular weight excluding hydrogens is 824 g/mol. The number of esters is 1. The van der Waals surface area contributed by atoms with Crippen LogP contribution in [0.15, 0.2) is 35.9 Å². The number of aromatic hydroxyl groups is 1. The molecule has 0 spiro atoms. The quantitative estimate of drug-likeness (QED) is 0.0768. The molecule has 0 bridgehead atoms. The molecule has 12 unspecified atom stereocenters. The third kappa shape index (κ3) is 9.28. The molecule has 10 N–H and O–H groups in total. The number of amides is 1. The van der Waals surface area contributed by atoms with Gasteiger partial charge in [0.25, 0.3) is 0 Å². The van der Waals surface area contributed by atoms with Crippen molar-refractivity contribution in [3.05, 3.63) is 41.5 Å². The Morgan fingerprint density at radius 2 is 1.67 bits per heavy atom. The normalized spacial score (nSPS) is 42.1. The van der Waals surface area contributed by atoms with E-state index in [0.29, 0.717) is 12.8 Å². The van der Waals surface area contributed by atoms with Crippen LogP contribution in [-0.2, 0) is 38.0 Å².